The molecule has 4 atom stereocenters. The third-order valence-corrected chi connectivity index (χ3v) is 10.1. The number of carbonyl (C=O) groups excluding carboxylic acids is 1. The van der Waals surface area contributed by atoms with E-state index in [2.05, 4.69) is 34.3 Å². The summed E-state index contributed by atoms with van der Waals surface area (Å²) in [7, 11) is -3.50. The molecule has 3 aliphatic carbocycles. The smallest absolute Gasteiger partial charge is 0.239 e. The van der Waals surface area contributed by atoms with Gasteiger partial charge in [-0.2, -0.15) is 0 Å². The van der Waals surface area contributed by atoms with E-state index in [0.717, 1.165) is 24.8 Å². The van der Waals surface area contributed by atoms with Crippen LogP contribution in [0, 0.1) is 28.1 Å². The molecule has 4 fully saturated rings. The Kier molecular flexibility index (Phi) is 3.09. The van der Waals surface area contributed by atoms with Crippen molar-refractivity contribution in [3.05, 3.63) is 12.2 Å². The van der Waals surface area contributed by atoms with Gasteiger partial charge >= 0.3 is 0 Å². The Morgan fingerprint density at radius 2 is 1.92 bits per heavy atom. The fourth-order valence-corrected chi connectivity index (χ4v) is 8.94. The number of fused-ring (bicyclic) bond motifs is 1. The van der Waals surface area contributed by atoms with Gasteiger partial charge in [-0.3, -0.25) is 4.79 Å². The minimum Gasteiger partial charge on any atom is -0.273 e. The van der Waals surface area contributed by atoms with Gasteiger partial charge in [-0.05, 0) is 48.9 Å². The van der Waals surface area contributed by atoms with E-state index in [1.165, 1.54) is 4.31 Å². The lowest BCUT2D eigenvalue weighted by atomic mass is 9.69. The van der Waals surface area contributed by atoms with Crippen LogP contribution in [0.1, 0.15) is 59.8 Å². The van der Waals surface area contributed by atoms with Gasteiger partial charge in [-0.25, -0.2) is 12.7 Å². The first-order valence-corrected chi connectivity index (χ1v) is 10.8. The van der Waals surface area contributed by atoms with Crippen molar-refractivity contribution in [2.75, 3.05) is 5.75 Å². The van der Waals surface area contributed by atoms with Crippen LogP contribution in [0.4, 0.5) is 0 Å². The number of rotatable bonds is 1. The van der Waals surface area contributed by atoms with Gasteiger partial charge in [-0.15, -0.1) is 0 Å². The molecule has 3 saturated carbocycles. The number of amides is 1. The summed E-state index contributed by atoms with van der Waals surface area (Å²) in [6.07, 6.45) is 4.25. The molecule has 4 rings (SSSR count). The monoisotopic (exact) mass is 351 g/mol. The van der Waals surface area contributed by atoms with E-state index in [4.69, 9.17) is 0 Å². The molecule has 4 nitrogen and oxygen atoms in total. The van der Waals surface area contributed by atoms with E-state index in [9.17, 15) is 13.2 Å². The molecule has 1 spiro atoms. The van der Waals surface area contributed by atoms with Crippen molar-refractivity contribution >= 4 is 15.9 Å². The minimum atomic E-state index is -3.50. The zero-order chi connectivity index (χ0) is 17.7. The molecule has 0 N–H and O–H groups in total. The molecule has 1 aliphatic heterocycles. The van der Waals surface area contributed by atoms with Gasteiger partial charge < -0.3 is 0 Å². The SMILES string of the molecule is C=C1CC(C(=O)N2C3CC4CCC3(CS2(=O)=O)C4(C)C)CC1(C)C. The topological polar surface area (TPSA) is 54.5 Å². The van der Waals surface area contributed by atoms with Crippen LogP contribution in [-0.2, 0) is 14.8 Å². The molecule has 4 unspecified atom stereocenters. The lowest BCUT2D eigenvalue weighted by Crippen LogP contribution is -2.46. The fourth-order valence-electron chi connectivity index (χ4n) is 6.34. The number of hydrogen-bond donors (Lipinski definition) is 0. The molecule has 134 valence electrons. The number of nitrogens with zero attached hydrogens (tertiary/aromatic N) is 1. The lowest BCUT2D eigenvalue weighted by molar-refractivity contribution is -0.133. The van der Waals surface area contributed by atoms with Gasteiger partial charge in [-0.1, -0.05) is 39.8 Å². The number of hydrogen-bond acceptors (Lipinski definition) is 3. The van der Waals surface area contributed by atoms with Crippen LogP contribution in [0.2, 0.25) is 0 Å². The molecule has 1 heterocycles. The summed E-state index contributed by atoms with van der Waals surface area (Å²) in [5.41, 5.74) is 0.783. The van der Waals surface area contributed by atoms with Crippen molar-refractivity contribution in [3.63, 3.8) is 0 Å². The Morgan fingerprint density at radius 3 is 2.46 bits per heavy atom. The van der Waals surface area contributed by atoms with Crippen molar-refractivity contribution in [2.45, 2.75) is 65.8 Å². The van der Waals surface area contributed by atoms with Crippen LogP contribution in [0.5, 0.6) is 0 Å². The second kappa shape index (κ2) is 4.46. The van der Waals surface area contributed by atoms with Crippen molar-refractivity contribution in [2.24, 2.45) is 28.1 Å². The Bertz CT molecular complexity index is 736. The summed E-state index contributed by atoms with van der Waals surface area (Å²) < 4.78 is 27.3. The van der Waals surface area contributed by atoms with Crippen LogP contribution in [0.3, 0.4) is 0 Å². The summed E-state index contributed by atoms with van der Waals surface area (Å²) >= 11 is 0. The Balaban J connectivity index is 1.70. The Morgan fingerprint density at radius 1 is 1.25 bits per heavy atom. The highest BCUT2D eigenvalue weighted by Crippen LogP contribution is 2.70. The van der Waals surface area contributed by atoms with E-state index in [1.807, 2.05) is 0 Å². The molecular weight excluding hydrogens is 322 g/mol. The van der Waals surface area contributed by atoms with Crippen LogP contribution in [0.25, 0.3) is 0 Å². The Hall–Kier alpha value is -0.840. The zero-order valence-electron chi connectivity index (χ0n) is 15.3. The summed E-state index contributed by atoms with van der Waals surface area (Å²) in [5.74, 6) is 0.326. The normalized spacial score (nSPS) is 44.1. The predicted octanol–water partition coefficient (Wildman–Crippen LogP) is 3.35. The maximum Gasteiger partial charge on any atom is 0.239 e. The lowest BCUT2D eigenvalue weighted by Gasteiger charge is -2.37. The van der Waals surface area contributed by atoms with Crippen molar-refractivity contribution in [3.8, 4) is 0 Å². The molecule has 4 aliphatic rings. The second-order valence-corrected chi connectivity index (χ2v) is 11.7. The van der Waals surface area contributed by atoms with Gasteiger partial charge in [0.2, 0.25) is 15.9 Å². The molecule has 2 bridgehead atoms. The van der Waals surface area contributed by atoms with Gasteiger partial charge in [0.05, 0.1) is 11.8 Å². The Labute approximate surface area is 145 Å². The number of allylic oxidation sites excluding steroid dienone is 1. The maximum atomic E-state index is 13.2. The second-order valence-electron chi connectivity index (χ2n) is 9.85. The molecule has 1 amide bonds. The van der Waals surface area contributed by atoms with Crippen molar-refractivity contribution < 1.29 is 13.2 Å². The molecule has 0 aromatic heterocycles. The quantitative estimate of drug-likeness (QED) is 0.681. The van der Waals surface area contributed by atoms with Crippen LogP contribution in [0.15, 0.2) is 12.2 Å². The van der Waals surface area contributed by atoms with Crippen LogP contribution < -0.4 is 0 Å². The third-order valence-electron chi connectivity index (χ3n) is 8.18. The first kappa shape index (κ1) is 16.6. The largest absolute Gasteiger partial charge is 0.273 e. The fraction of sp³-hybridized carbons (Fsp3) is 0.842. The van der Waals surface area contributed by atoms with Crippen LogP contribution >= 0.6 is 0 Å². The van der Waals surface area contributed by atoms with E-state index in [-0.39, 0.29) is 39.9 Å². The number of carbonyl (C=O) groups is 1. The third kappa shape index (κ3) is 1.80. The van der Waals surface area contributed by atoms with E-state index >= 15 is 0 Å². The highest BCUT2D eigenvalue weighted by atomic mass is 32.2. The van der Waals surface area contributed by atoms with E-state index < -0.39 is 10.0 Å². The highest BCUT2D eigenvalue weighted by molar-refractivity contribution is 7.90. The van der Waals surface area contributed by atoms with E-state index in [1.54, 1.807) is 0 Å². The molecule has 0 radical (unpaired) electrons. The first-order valence-electron chi connectivity index (χ1n) is 9.17. The molecule has 1 saturated heterocycles. The predicted molar refractivity (Wildman–Crippen MR) is 93.6 cm³/mol. The highest BCUT2D eigenvalue weighted by Gasteiger charge is 2.72. The molecule has 24 heavy (non-hydrogen) atoms. The van der Waals surface area contributed by atoms with Crippen molar-refractivity contribution in [1.82, 2.24) is 4.31 Å². The molecule has 0 aromatic rings. The minimum absolute atomic E-state index is 0.0122. The number of sulfonamides is 1. The average molecular weight is 352 g/mol. The maximum absolute atomic E-state index is 13.2. The zero-order valence-corrected chi connectivity index (χ0v) is 16.1. The molecule has 5 heteroatoms. The van der Waals surface area contributed by atoms with Gasteiger partial charge in [0.15, 0.2) is 0 Å². The summed E-state index contributed by atoms with van der Waals surface area (Å²) in [4.78, 5) is 13.2. The van der Waals surface area contributed by atoms with Gasteiger partial charge in [0.25, 0.3) is 0 Å². The summed E-state index contributed by atoms with van der Waals surface area (Å²) in [6.45, 7) is 12.7. The van der Waals surface area contributed by atoms with Gasteiger partial charge in [0, 0.05) is 11.3 Å². The van der Waals surface area contributed by atoms with Gasteiger partial charge in [0.1, 0.15) is 0 Å². The molecular formula is C19H29NO3S. The standard InChI is InChI=1S/C19H29NO3S/c1-12-8-13(10-17(12,2)3)16(21)20-15-9-14-6-7-19(15,18(14,4)5)11-24(20,22)23/h13-15H,1,6-11H2,2-5H3. The summed E-state index contributed by atoms with van der Waals surface area (Å²) in [5, 5.41) is 0. The summed E-state index contributed by atoms with van der Waals surface area (Å²) in [6, 6.07) is -0.110. The molecule has 0 aromatic carbocycles. The van der Waals surface area contributed by atoms with E-state index in [0.29, 0.717) is 18.8 Å². The first-order chi connectivity index (χ1) is 10.9. The average Bonchev–Trinajstić information content (AvgIpc) is 3.01. The van der Waals surface area contributed by atoms with Crippen molar-refractivity contribution in [1.29, 1.82) is 0 Å². The van der Waals surface area contributed by atoms with Crippen LogP contribution in [-0.4, -0.2) is 30.4 Å².